The molecule has 1 aliphatic rings. The molecule has 1 aliphatic heterocycles. The molecule has 3 amide bonds. The summed E-state index contributed by atoms with van der Waals surface area (Å²) in [6.07, 6.45) is 1.61. The van der Waals surface area contributed by atoms with E-state index < -0.39 is 17.8 Å². The van der Waals surface area contributed by atoms with Gasteiger partial charge in [0.05, 0.1) is 17.9 Å². The molecule has 206 valence electrons. The van der Waals surface area contributed by atoms with Gasteiger partial charge in [0, 0.05) is 22.3 Å². The average molecular weight is 568 g/mol. The third kappa shape index (κ3) is 5.83. The van der Waals surface area contributed by atoms with Crippen molar-refractivity contribution in [2.75, 3.05) is 22.1 Å². The van der Waals surface area contributed by atoms with Crippen LogP contribution in [0.25, 0.3) is 10.8 Å². The number of nitrogens with zero attached hydrogens (tertiary/aromatic N) is 1. The number of ether oxygens (including phenoxy) is 1. The fourth-order valence-corrected chi connectivity index (χ4v) is 4.63. The van der Waals surface area contributed by atoms with Gasteiger partial charge in [0.15, 0.2) is 0 Å². The maximum atomic E-state index is 13.3. The van der Waals surface area contributed by atoms with Gasteiger partial charge in [-0.25, -0.2) is 9.69 Å². The minimum absolute atomic E-state index is 0.140. The lowest BCUT2D eigenvalue weighted by Crippen LogP contribution is -2.32. The third-order valence-electron chi connectivity index (χ3n) is 6.53. The Balaban J connectivity index is 1.32. The third-order valence-corrected chi connectivity index (χ3v) is 6.88. The van der Waals surface area contributed by atoms with Gasteiger partial charge < -0.3 is 15.4 Å². The first-order chi connectivity index (χ1) is 19.9. The summed E-state index contributed by atoms with van der Waals surface area (Å²) in [5.74, 6) is -2.32. The maximum absolute atomic E-state index is 13.3. The van der Waals surface area contributed by atoms with Crippen LogP contribution in [-0.4, -0.2) is 30.3 Å². The summed E-state index contributed by atoms with van der Waals surface area (Å²) < 4.78 is 5.24. The van der Waals surface area contributed by atoms with E-state index in [-0.39, 0.29) is 34.5 Å². The zero-order valence-electron chi connectivity index (χ0n) is 22.1. The van der Waals surface area contributed by atoms with Crippen molar-refractivity contribution >= 4 is 63.1 Å². The van der Waals surface area contributed by atoms with E-state index in [1.54, 1.807) is 36.4 Å². The van der Waals surface area contributed by atoms with Gasteiger partial charge in [-0.3, -0.25) is 14.4 Å². The number of imide groups is 1. The Bertz CT molecular complexity index is 1710. The Kier molecular flexibility index (Phi) is 8.12. The number of carbonyl (C=O) groups excluding carboxylic acids is 4. The standard InChI is InChI=1S/C32H26ClN3O5/c1-2-3-17-41-32(40)22-12-7-14-24(19-22)36-30(38)27(33)28(31(36)39)34-23-13-6-11-21(18-23)29(37)35-26-16-8-10-20-9-4-5-15-25(20)26/h4-16,18-19,34H,2-3,17H2,1H3,(H,35,37). The molecule has 8 nitrogen and oxygen atoms in total. The lowest BCUT2D eigenvalue weighted by Gasteiger charge is -2.16. The molecule has 0 fully saturated rings. The van der Waals surface area contributed by atoms with Crippen molar-refractivity contribution < 1.29 is 23.9 Å². The average Bonchev–Trinajstić information content (AvgIpc) is 3.20. The van der Waals surface area contributed by atoms with E-state index in [2.05, 4.69) is 10.6 Å². The molecule has 0 aromatic heterocycles. The number of fused-ring (bicyclic) bond motifs is 1. The normalized spacial score (nSPS) is 13.1. The van der Waals surface area contributed by atoms with E-state index in [9.17, 15) is 19.2 Å². The van der Waals surface area contributed by atoms with E-state index in [1.807, 2.05) is 49.4 Å². The van der Waals surface area contributed by atoms with Crippen LogP contribution in [0.4, 0.5) is 17.1 Å². The van der Waals surface area contributed by atoms with Crippen molar-refractivity contribution in [2.45, 2.75) is 19.8 Å². The first kappa shape index (κ1) is 27.6. The molecule has 0 unspecified atom stereocenters. The Labute approximate surface area is 241 Å². The Morgan fingerprint density at radius 1 is 0.854 bits per heavy atom. The fourth-order valence-electron chi connectivity index (χ4n) is 4.42. The number of anilines is 3. The Morgan fingerprint density at radius 2 is 1.59 bits per heavy atom. The van der Waals surface area contributed by atoms with Gasteiger partial charge in [0.2, 0.25) is 0 Å². The van der Waals surface area contributed by atoms with Crippen LogP contribution in [0.1, 0.15) is 40.5 Å². The zero-order chi connectivity index (χ0) is 28.9. The van der Waals surface area contributed by atoms with Crippen LogP contribution >= 0.6 is 11.6 Å². The smallest absolute Gasteiger partial charge is 0.338 e. The highest BCUT2D eigenvalue weighted by Gasteiger charge is 2.39. The molecule has 4 aromatic rings. The van der Waals surface area contributed by atoms with Crippen molar-refractivity contribution in [3.63, 3.8) is 0 Å². The molecule has 0 bridgehead atoms. The van der Waals surface area contributed by atoms with E-state index in [4.69, 9.17) is 16.3 Å². The van der Waals surface area contributed by atoms with Crippen molar-refractivity contribution in [1.29, 1.82) is 0 Å². The van der Waals surface area contributed by atoms with E-state index in [1.165, 1.54) is 12.1 Å². The number of carbonyl (C=O) groups is 4. The highest BCUT2D eigenvalue weighted by atomic mass is 35.5. The molecule has 5 rings (SSSR count). The highest BCUT2D eigenvalue weighted by Crippen LogP contribution is 2.31. The molecule has 0 radical (unpaired) electrons. The fraction of sp³-hybridized carbons (Fsp3) is 0.125. The second-order valence-electron chi connectivity index (χ2n) is 9.36. The van der Waals surface area contributed by atoms with Crippen LogP contribution in [0.2, 0.25) is 0 Å². The predicted molar refractivity (Wildman–Crippen MR) is 159 cm³/mol. The molecule has 0 saturated heterocycles. The topological polar surface area (TPSA) is 105 Å². The molecule has 0 aliphatic carbocycles. The molecule has 2 N–H and O–H groups in total. The largest absolute Gasteiger partial charge is 0.462 e. The minimum atomic E-state index is -0.736. The van der Waals surface area contributed by atoms with Gasteiger partial charge in [0.25, 0.3) is 17.7 Å². The number of hydrogen-bond acceptors (Lipinski definition) is 6. The van der Waals surface area contributed by atoms with E-state index in [0.29, 0.717) is 16.9 Å². The summed E-state index contributed by atoms with van der Waals surface area (Å²) in [7, 11) is 0. The maximum Gasteiger partial charge on any atom is 0.338 e. The van der Waals surface area contributed by atoms with Crippen LogP contribution < -0.4 is 15.5 Å². The lowest BCUT2D eigenvalue weighted by molar-refractivity contribution is -0.120. The molecule has 4 aromatic carbocycles. The van der Waals surface area contributed by atoms with Crippen LogP contribution in [0, 0.1) is 0 Å². The number of esters is 1. The van der Waals surface area contributed by atoms with Gasteiger partial charge in [-0.1, -0.05) is 73.5 Å². The summed E-state index contributed by atoms with van der Waals surface area (Å²) in [5, 5.41) is 7.42. The quantitative estimate of drug-likeness (QED) is 0.136. The van der Waals surface area contributed by atoms with Crippen LogP contribution in [0.5, 0.6) is 0 Å². The first-order valence-corrected chi connectivity index (χ1v) is 13.5. The van der Waals surface area contributed by atoms with Crippen LogP contribution in [0.15, 0.2) is 102 Å². The molecular weight excluding hydrogens is 542 g/mol. The lowest BCUT2D eigenvalue weighted by atomic mass is 10.1. The molecule has 0 spiro atoms. The second-order valence-corrected chi connectivity index (χ2v) is 9.74. The Morgan fingerprint density at radius 3 is 2.41 bits per heavy atom. The predicted octanol–water partition coefficient (Wildman–Crippen LogP) is 6.48. The van der Waals surface area contributed by atoms with Crippen molar-refractivity contribution in [1.82, 2.24) is 0 Å². The van der Waals surface area contributed by atoms with Crippen LogP contribution in [-0.2, 0) is 14.3 Å². The van der Waals surface area contributed by atoms with Crippen molar-refractivity contribution in [3.05, 3.63) is 113 Å². The molecular formula is C32H26ClN3O5. The Hall–Kier alpha value is -4.95. The number of benzene rings is 4. The second kappa shape index (κ2) is 12.1. The van der Waals surface area contributed by atoms with Gasteiger partial charge in [-0.2, -0.15) is 0 Å². The van der Waals surface area contributed by atoms with Crippen molar-refractivity contribution in [3.8, 4) is 0 Å². The summed E-state index contributed by atoms with van der Waals surface area (Å²) in [5.41, 5.74) is 1.65. The van der Waals surface area contributed by atoms with E-state index in [0.717, 1.165) is 28.5 Å². The van der Waals surface area contributed by atoms with Gasteiger partial charge in [0.1, 0.15) is 10.7 Å². The first-order valence-electron chi connectivity index (χ1n) is 13.1. The molecule has 1 heterocycles. The SMILES string of the molecule is CCCCOC(=O)c1cccc(N2C(=O)C(Cl)=C(Nc3cccc(C(=O)Nc4cccc5ccccc45)c3)C2=O)c1. The number of hydrogen-bond donors (Lipinski definition) is 2. The zero-order valence-corrected chi connectivity index (χ0v) is 22.9. The monoisotopic (exact) mass is 567 g/mol. The van der Waals surface area contributed by atoms with E-state index >= 15 is 0 Å². The number of nitrogens with one attached hydrogen (secondary N) is 2. The minimum Gasteiger partial charge on any atom is -0.462 e. The molecule has 0 saturated carbocycles. The number of amides is 3. The number of unbranched alkanes of at least 4 members (excludes halogenated alkanes) is 1. The summed E-state index contributed by atoms with van der Waals surface area (Å²) in [6.45, 7) is 2.26. The summed E-state index contributed by atoms with van der Waals surface area (Å²) in [4.78, 5) is 52.7. The van der Waals surface area contributed by atoms with Gasteiger partial charge >= 0.3 is 5.97 Å². The number of halogens is 1. The van der Waals surface area contributed by atoms with Crippen molar-refractivity contribution in [2.24, 2.45) is 0 Å². The number of rotatable bonds is 9. The molecule has 41 heavy (non-hydrogen) atoms. The molecule has 0 atom stereocenters. The highest BCUT2D eigenvalue weighted by molar-refractivity contribution is 6.53. The molecule has 9 heteroatoms. The summed E-state index contributed by atoms with van der Waals surface area (Å²) >= 11 is 6.30. The van der Waals surface area contributed by atoms with Gasteiger partial charge in [-0.15, -0.1) is 0 Å². The summed E-state index contributed by atoms with van der Waals surface area (Å²) in [6, 6.07) is 25.9. The van der Waals surface area contributed by atoms with Gasteiger partial charge in [-0.05, 0) is 54.3 Å². The van der Waals surface area contributed by atoms with Crippen LogP contribution in [0.3, 0.4) is 0 Å².